The van der Waals surface area contributed by atoms with E-state index in [1.807, 2.05) is 42.2 Å². The molecule has 3 rings (SSSR count). The van der Waals surface area contributed by atoms with Gasteiger partial charge in [0.25, 0.3) is 0 Å². The van der Waals surface area contributed by atoms with E-state index in [0.717, 1.165) is 31.9 Å². The zero-order valence-electron chi connectivity index (χ0n) is 15.1. The molecule has 1 unspecified atom stereocenters. The second kappa shape index (κ2) is 8.82. The van der Waals surface area contributed by atoms with Crippen molar-refractivity contribution in [1.29, 1.82) is 0 Å². The van der Waals surface area contributed by atoms with E-state index in [2.05, 4.69) is 35.2 Å². The van der Waals surface area contributed by atoms with Crippen LogP contribution in [-0.4, -0.2) is 30.4 Å². The van der Waals surface area contributed by atoms with Gasteiger partial charge < -0.3 is 4.90 Å². The fourth-order valence-electron chi connectivity index (χ4n) is 3.69. The van der Waals surface area contributed by atoms with Crippen LogP contribution >= 0.6 is 0 Å². The lowest BCUT2D eigenvalue weighted by atomic mass is 9.96. The lowest BCUT2D eigenvalue weighted by molar-refractivity contribution is -0.118. The summed E-state index contributed by atoms with van der Waals surface area (Å²) in [5, 5.41) is 0. The molecule has 2 aromatic rings. The quantitative estimate of drug-likeness (QED) is 0.783. The molecule has 1 aliphatic heterocycles. The summed E-state index contributed by atoms with van der Waals surface area (Å²) in [6, 6.07) is 20.8. The number of likely N-dealkylation sites (tertiary alicyclic amines) is 1. The number of anilines is 1. The molecule has 25 heavy (non-hydrogen) atoms. The number of benzene rings is 2. The highest BCUT2D eigenvalue weighted by molar-refractivity contribution is 5.93. The topological polar surface area (TPSA) is 23.6 Å². The monoisotopic (exact) mass is 336 g/mol. The largest absolute Gasteiger partial charge is 0.312 e. The van der Waals surface area contributed by atoms with Crippen molar-refractivity contribution >= 4 is 11.6 Å². The summed E-state index contributed by atoms with van der Waals surface area (Å²) in [5.74, 6) is 0.750. The van der Waals surface area contributed by atoms with Gasteiger partial charge in [-0.3, -0.25) is 9.69 Å². The summed E-state index contributed by atoms with van der Waals surface area (Å²) >= 11 is 0. The summed E-state index contributed by atoms with van der Waals surface area (Å²) in [7, 11) is 0. The van der Waals surface area contributed by atoms with Gasteiger partial charge in [0.1, 0.15) is 0 Å². The van der Waals surface area contributed by atoms with Gasteiger partial charge in [-0.1, -0.05) is 55.5 Å². The van der Waals surface area contributed by atoms with Crippen molar-refractivity contribution < 1.29 is 4.79 Å². The van der Waals surface area contributed by atoms with Gasteiger partial charge in [-0.15, -0.1) is 0 Å². The maximum atomic E-state index is 12.5. The van der Waals surface area contributed by atoms with Crippen LogP contribution in [0.5, 0.6) is 0 Å². The van der Waals surface area contributed by atoms with Gasteiger partial charge in [0.2, 0.25) is 5.91 Å². The average Bonchev–Trinajstić information content (AvgIpc) is 2.67. The Morgan fingerprint density at radius 2 is 1.76 bits per heavy atom. The van der Waals surface area contributed by atoms with Crippen LogP contribution < -0.4 is 4.90 Å². The molecule has 132 valence electrons. The van der Waals surface area contributed by atoms with Gasteiger partial charge >= 0.3 is 0 Å². The smallest absolute Gasteiger partial charge is 0.226 e. The van der Waals surface area contributed by atoms with Gasteiger partial charge in [-0.2, -0.15) is 0 Å². The summed E-state index contributed by atoms with van der Waals surface area (Å²) in [6.45, 7) is 5.99. The lowest BCUT2D eigenvalue weighted by Gasteiger charge is -2.35. The normalized spacial score (nSPS) is 18.0. The van der Waals surface area contributed by atoms with Crippen LogP contribution in [0.4, 0.5) is 5.69 Å². The van der Waals surface area contributed by atoms with E-state index in [-0.39, 0.29) is 5.91 Å². The Labute approximate surface area is 151 Å². The minimum Gasteiger partial charge on any atom is -0.312 e. The standard InChI is InChI=1S/C22H28N2O/c1-2-22(25)24(21-13-7-4-8-14-21)18-20-12-9-15-23(17-20)16-19-10-5-3-6-11-19/h3-8,10-11,13-14,20H,2,9,12,15-18H2,1H3. The third-order valence-electron chi connectivity index (χ3n) is 4.96. The summed E-state index contributed by atoms with van der Waals surface area (Å²) < 4.78 is 0. The predicted octanol–water partition coefficient (Wildman–Crippen LogP) is 4.34. The van der Waals surface area contributed by atoms with E-state index in [1.54, 1.807) is 0 Å². The zero-order chi connectivity index (χ0) is 17.5. The molecule has 0 aromatic heterocycles. The summed E-state index contributed by atoms with van der Waals surface area (Å²) in [6.07, 6.45) is 2.96. The first-order valence-electron chi connectivity index (χ1n) is 9.38. The van der Waals surface area contributed by atoms with Gasteiger partial charge in [-0.25, -0.2) is 0 Å². The highest BCUT2D eigenvalue weighted by Crippen LogP contribution is 2.23. The SMILES string of the molecule is CCC(=O)N(CC1CCCN(Cc2ccccc2)C1)c1ccccc1. The fourth-order valence-corrected chi connectivity index (χ4v) is 3.69. The molecule has 3 nitrogen and oxygen atoms in total. The molecule has 0 N–H and O–H groups in total. The summed E-state index contributed by atoms with van der Waals surface area (Å²) in [5.41, 5.74) is 2.39. The number of para-hydroxylation sites is 1. The molecule has 2 aromatic carbocycles. The second-order valence-corrected chi connectivity index (χ2v) is 6.92. The number of amides is 1. The molecule has 1 atom stereocenters. The molecule has 3 heteroatoms. The Balaban J connectivity index is 1.64. The third kappa shape index (κ3) is 4.93. The molecule has 0 aliphatic carbocycles. The van der Waals surface area contributed by atoms with E-state index in [9.17, 15) is 4.79 Å². The molecule has 0 bridgehead atoms. The molecule has 1 fully saturated rings. The second-order valence-electron chi connectivity index (χ2n) is 6.92. The molecule has 0 radical (unpaired) electrons. The highest BCUT2D eigenvalue weighted by Gasteiger charge is 2.24. The summed E-state index contributed by atoms with van der Waals surface area (Å²) in [4.78, 5) is 17.0. The van der Waals surface area contributed by atoms with Crippen molar-refractivity contribution in [2.75, 3.05) is 24.5 Å². The Bertz CT molecular complexity index is 656. The number of nitrogens with zero attached hydrogens (tertiary/aromatic N) is 2. The van der Waals surface area contributed by atoms with E-state index in [0.29, 0.717) is 12.3 Å². The number of hydrogen-bond donors (Lipinski definition) is 0. The van der Waals surface area contributed by atoms with Crippen molar-refractivity contribution in [3.05, 3.63) is 66.2 Å². The predicted molar refractivity (Wildman–Crippen MR) is 104 cm³/mol. The van der Waals surface area contributed by atoms with Crippen molar-refractivity contribution in [3.63, 3.8) is 0 Å². The molecular weight excluding hydrogens is 308 g/mol. The first kappa shape index (κ1) is 17.7. The van der Waals surface area contributed by atoms with Crippen molar-refractivity contribution in [2.45, 2.75) is 32.7 Å². The molecule has 1 aliphatic rings. The fraction of sp³-hybridized carbons (Fsp3) is 0.409. The van der Waals surface area contributed by atoms with Crippen molar-refractivity contribution in [2.24, 2.45) is 5.92 Å². The maximum absolute atomic E-state index is 12.5. The van der Waals surface area contributed by atoms with Gasteiger partial charge in [0, 0.05) is 31.7 Å². The first-order valence-corrected chi connectivity index (χ1v) is 9.38. The van der Waals surface area contributed by atoms with Crippen LogP contribution in [0.15, 0.2) is 60.7 Å². The van der Waals surface area contributed by atoms with Crippen molar-refractivity contribution in [1.82, 2.24) is 4.90 Å². The van der Waals surface area contributed by atoms with E-state index in [4.69, 9.17) is 0 Å². The average molecular weight is 336 g/mol. The number of piperidine rings is 1. The lowest BCUT2D eigenvalue weighted by Crippen LogP contribution is -2.42. The molecule has 1 heterocycles. The molecule has 0 spiro atoms. The maximum Gasteiger partial charge on any atom is 0.226 e. The zero-order valence-corrected chi connectivity index (χ0v) is 15.1. The number of carbonyl (C=O) groups excluding carboxylic acids is 1. The Morgan fingerprint density at radius 3 is 2.44 bits per heavy atom. The van der Waals surface area contributed by atoms with E-state index >= 15 is 0 Å². The van der Waals surface area contributed by atoms with Gasteiger partial charge in [0.05, 0.1) is 0 Å². The first-order chi connectivity index (χ1) is 12.3. The van der Waals surface area contributed by atoms with Crippen LogP contribution in [0, 0.1) is 5.92 Å². The van der Waals surface area contributed by atoms with E-state index in [1.165, 1.54) is 18.4 Å². The van der Waals surface area contributed by atoms with Crippen LogP contribution in [0.25, 0.3) is 0 Å². The molecular formula is C22H28N2O. The number of carbonyl (C=O) groups is 1. The van der Waals surface area contributed by atoms with Gasteiger partial charge in [0.15, 0.2) is 0 Å². The van der Waals surface area contributed by atoms with Crippen LogP contribution in [-0.2, 0) is 11.3 Å². The minimum absolute atomic E-state index is 0.214. The molecule has 1 amide bonds. The minimum atomic E-state index is 0.214. The number of rotatable bonds is 6. The molecule has 1 saturated heterocycles. The van der Waals surface area contributed by atoms with Crippen molar-refractivity contribution in [3.8, 4) is 0 Å². The third-order valence-corrected chi connectivity index (χ3v) is 4.96. The molecule has 0 saturated carbocycles. The van der Waals surface area contributed by atoms with Crippen LogP contribution in [0.3, 0.4) is 0 Å². The van der Waals surface area contributed by atoms with E-state index < -0.39 is 0 Å². The van der Waals surface area contributed by atoms with Gasteiger partial charge in [-0.05, 0) is 43.0 Å². The van der Waals surface area contributed by atoms with Crippen LogP contribution in [0.2, 0.25) is 0 Å². The highest BCUT2D eigenvalue weighted by atomic mass is 16.2. The number of hydrogen-bond acceptors (Lipinski definition) is 2. The Kier molecular flexibility index (Phi) is 6.24. The Hall–Kier alpha value is -2.13. The Morgan fingerprint density at radius 1 is 1.08 bits per heavy atom. The van der Waals surface area contributed by atoms with Crippen LogP contribution in [0.1, 0.15) is 31.7 Å².